The van der Waals surface area contributed by atoms with Gasteiger partial charge >= 0.3 is 0 Å². The molecule has 0 aliphatic rings. The van der Waals surface area contributed by atoms with E-state index in [2.05, 4.69) is 0 Å². The molecule has 120 valence electrons. The van der Waals surface area contributed by atoms with Crippen molar-refractivity contribution in [2.75, 3.05) is 11.5 Å². The molecule has 0 aliphatic carbocycles. The monoisotopic (exact) mass is 328 g/mol. The number of rotatable bonds is 8. The molecule has 0 rings (SSSR count). The zero-order valence-corrected chi connectivity index (χ0v) is 14.5. The van der Waals surface area contributed by atoms with Crippen LogP contribution in [0.2, 0.25) is 0 Å². The zero-order valence-electron chi connectivity index (χ0n) is 12.8. The maximum absolute atomic E-state index is 11.4. The summed E-state index contributed by atoms with van der Waals surface area (Å²) in [5.74, 6) is -0.261. The van der Waals surface area contributed by atoms with Gasteiger partial charge in [-0.05, 0) is 41.5 Å². The van der Waals surface area contributed by atoms with Gasteiger partial charge in [0.2, 0.25) is 0 Å². The molecular formula is C12H24O6S2. The van der Waals surface area contributed by atoms with Crippen molar-refractivity contribution in [2.45, 2.75) is 52.7 Å². The second-order valence-electron chi connectivity index (χ2n) is 5.40. The molecule has 0 aromatic heterocycles. The van der Waals surface area contributed by atoms with Crippen molar-refractivity contribution in [1.29, 1.82) is 0 Å². The molecule has 0 fully saturated rings. The minimum atomic E-state index is -3.59. The van der Waals surface area contributed by atoms with E-state index in [0.717, 1.165) is 0 Å². The molecule has 0 heterocycles. The fraction of sp³-hybridized carbons (Fsp3) is 0.833. The third-order valence-electron chi connectivity index (χ3n) is 2.28. The Morgan fingerprint density at radius 2 is 1.00 bits per heavy atom. The Balaban J connectivity index is 5.01. The first-order chi connectivity index (χ1) is 8.74. The SMILES string of the molecule is CCS(=O)(=O)OC(C)(C)C=CC(C)(C)OS(=O)(=O)CC. The second-order valence-corrected chi connectivity index (χ2v) is 9.12. The molecule has 0 saturated carbocycles. The summed E-state index contributed by atoms with van der Waals surface area (Å²) in [6.07, 6.45) is 2.96. The average Bonchev–Trinajstić information content (AvgIpc) is 2.24. The van der Waals surface area contributed by atoms with E-state index < -0.39 is 31.4 Å². The molecular weight excluding hydrogens is 304 g/mol. The van der Waals surface area contributed by atoms with E-state index in [1.807, 2.05) is 0 Å². The van der Waals surface area contributed by atoms with Crippen LogP contribution in [0.1, 0.15) is 41.5 Å². The molecule has 0 bridgehead atoms. The Labute approximate surface area is 122 Å². The van der Waals surface area contributed by atoms with E-state index in [1.54, 1.807) is 27.7 Å². The summed E-state index contributed by atoms with van der Waals surface area (Å²) >= 11 is 0. The lowest BCUT2D eigenvalue weighted by Gasteiger charge is -2.24. The Hall–Kier alpha value is -0.440. The molecule has 8 heteroatoms. The molecule has 0 atom stereocenters. The molecule has 0 aliphatic heterocycles. The Bertz CT molecular complexity index is 490. The highest BCUT2D eigenvalue weighted by atomic mass is 32.2. The second kappa shape index (κ2) is 6.55. The van der Waals surface area contributed by atoms with Crippen LogP contribution in [0.15, 0.2) is 12.2 Å². The van der Waals surface area contributed by atoms with Gasteiger partial charge in [0.25, 0.3) is 20.2 Å². The van der Waals surface area contributed by atoms with Gasteiger partial charge in [-0.2, -0.15) is 16.8 Å². The van der Waals surface area contributed by atoms with Gasteiger partial charge in [0.05, 0.1) is 11.5 Å². The highest BCUT2D eigenvalue weighted by molar-refractivity contribution is 7.86. The third-order valence-corrected chi connectivity index (χ3v) is 5.06. The van der Waals surface area contributed by atoms with Gasteiger partial charge in [-0.3, -0.25) is 8.37 Å². The van der Waals surface area contributed by atoms with E-state index in [-0.39, 0.29) is 11.5 Å². The van der Waals surface area contributed by atoms with Crippen molar-refractivity contribution in [3.05, 3.63) is 12.2 Å². The molecule has 0 saturated heterocycles. The van der Waals surface area contributed by atoms with E-state index in [9.17, 15) is 16.8 Å². The van der Waals surface area contributed by atoms with Crippen molar-refractivity contribution in [2.24, 2.45) is 0 Å². The summed E-state index contributed by atoms with van der Waals surface area (Å²) in [5, 5.41) is 0. The average molecular weight is 328 g/mol. The Morgan fingerprint density at radius 3 is 1.20 bits per heavy atom. The van der Waals surface area contributed by atoms with Gasteiger partial charge in [0.1, 0.15) is 11.2 Å². The third kappa shape index (κ3) is 7.98. The zero-order chi connectivity index (χ0) is 16.2. The molecule has 0 radical (unpaired) electrons. The fourth-order valence-corrected chi connectivity index (χ4v) is 2.89. The van der Waals surface area contributed by atoms with Crippen LogP contribution in [0.4, 0.5) is 0 Å². The van der Waals surface area contributed by atoms with E-state index in [4.69, 9.17) is 8.37 Å². The first-order valence-electron chi connectivity index (χ1n) is 6.31. The quantitative estimate of drug-likeness (QED) is 0.499. The molecule has 0 aromatic carbocycles. The molecule has 0 amide bonds. The largest absolute Gasteiger partial charge is 0.267 e. The van der Waals surface area contributed by atoms with Crippen molar-refractivity contribution in [3.8, 4) is 0 Å². The van der Waals surface area contributed by atoms with Crippen LogP contribution in [0.25, 0.3) is 0 Å². The van der Waals surface area contributed by atoms with Crippen LogP contribution in [0, 0.1) is 0 Å². The van der Waals surface area contributed by atoms with Crippen LogP contribution < -0.4 is 0 Å². The summed E-state index contributed by atoms with van der Waals surface area (Å²) in [6.45, 7) is 9.25. The smallest absolute Gasteiger partial charge is 0.260 e. The first kappa shape index (κ1) is 19.6. The highest BCUT2D eigenvalue weighted by Crippen LogP contribution is 2.21. The van der Waals surface area contributed by atoms with Crippen LogP contribution in [0.5, 0.6) is 0 Å². The topological polar surface area (TPSA) is 86.7 Å². The normalized spacial score (nSPS) is 14.9. The highest BCUT2D eigenvalue weighted by Gasteiger charge is 2.27. The lowest BCUT2D eigenvalue weighted by Crippen LogP contribution is -2.30. The summed E-state index contributed by atoms with van der Waals surface area (Å²) in [7, 11) is -7.19. The van der Waals surface area contributed by atoms with Crippen LogP contribution in [-0.4, -0.2) is 39.5 Å². The van der Waals surface area contributed by atoms with Crippen molar-refractivity contribution >= 4 is 20.2 Å². The summed E-state index contributed by atoms with van der Waals surface area (Å²) < 4.78 is 55.7. The predicted octanol–water partition coefficient (Wildman–Crippen LogP) is 1.83. The van der Waals surface area contributed by atoms with Crippen molar-refractivity contribution in [3.63, 3.8) is 0 Å². The predicted molar refractivity (Wildman–Crippen MR) is 78.4 cm³/mol. The molecule has 20 heavy (non-hydrogen) atoms. The maximum Gasteiger partial charge on any atom is 0.267 e. The first-order valence-corrected chi connectivity index (χ1v) is 9.47. The minimum absolute atomic E-state index is 0.131. The standard InChI is InChI=1S/C12H24O6S2/c1-7-19(13,14)17-11(3,4)9-10-12(5,6)18-20(15,16)8-2/h9-10H,7-8H2,1-6H3. The van der Waals surface area contributed by atoms with E-state index in [1.165, 1.54) is 26.0 Å². The van der Waals surface area contributed by atoms with E-state index >= 15 is 0 Å². The van der Waals surface area contributed by atoms with Gasteiger partial charge in [-0.25, -0.2) is 0 Å². The van der Waals surface area contributed by atoms with E-state index in [0.29, 0.717) is 0 Å². The lowest BCUT2D eigenvalue weighted by atomic mass is 10.0. The minimum Gasteiger partial charge on any atom is -0.260 e. The molecule has 6 nitrogen and oxygen atoms in total. The van der Waals surface area contributed by atoms with Crippen LogP contribution in [0.3, 0.4) is 0 Å². The van der Waals surface area contributed by atoms with Crippen molar-refractivity contribution in [1.82, 2.24) is 0 Å². The molecule has 0 unspecified atom stereocenters. The fourth-order valence-electron chi connectivity index (χ4n) is 1.23. The molecule has 0 N–H and O–H groups in total. The summed E-state index contributed by atoms with van der Waals surface area (Å²) in [4.78, 5) is 0. The Morgan fingerprint density at radius 1 is 0.750 bits per heavy atom. The summed E-state index contributed by atoms with van der Waals surface area (Å²) in [5.41, 5.74) is -2.16. The van der Waals surface area contributed by atoms with Gasteiger partial charge in [-0.1, -0.05) is 12.2 Å². The molecule has 0 spiro atoms. The Kier molecular flexibility index (Phi) is 6.41. The van der Waals surface area contributed by atoms with Gasteiger partial charge in [0, 0.05) is 0 Å². The summed E-state index contributed by atoms with van der Waals surface area (Å²) in [6, 6.07) is 0. The number of hydrogen-bond donors (Lipinski definition) is 0. The molecule has 0 aromatic rings. The van der Waals surface area contributed by atoms with Gasteiger partial charge in [-0.15, -0.1) is 0 Å². The van der Waals surface area contributed by atoms with Gasteiger partial charge in [0.15, 0.2) is 0 Å². The number of hydrogen-bond acceptors (Lipinski definition) is 6. The maximum atomic E-state index is 11.4. The van der Waals surface area contributed by atoms with Crippen LogP contribution >= 0.6 is 0 Å². The van der Waals surface area contributed by atoms with Crippen LogP contribution in [-0.2, 0) is 28.6 Å². The lowest BCUT2D eigenvalue weighted by molar-refractivity contribution is 0.152. The van der Waals surface area contributed by atoms with Crippen molar-refractivity contribution < 1.29 is 25.2 Å². The van der Waals surface area contributed by atoms with Gasteiger partial charge < -0.3 is 0 Å².